The molecule has 4 rings (SSSR count). The number of hydrogen-bond donors (Lipinski definition) is 4. The van der Waals surface area contributed by atoms with Crippen LogP contribution >= 0.6 is 0 Å². The van der Waals surface area contributed by atoms with Gasteiger partial charge < -0.3 is 15.5 Å². The number of benzene rings is 4. The highest BCUT2D eigenvalue weighted by Gasteiger charge is 2.27. The van der Waals surface area contributed by atoms with Gasteiger partial charge in [0.1, 0.15) is 12.2 Å². The summed E-state index contributed by atoms with van der Waals surface area (Å²) in [7, 11) is 0. The summed E-state index contributed by atoms with van der Waals surface area (Å²) in [4.78, 5) is 62.2. The molecule has 14 heteroatoms. The van der Waals surface area contributed by atoms with Crippen LogP contribution in [-0.4, -0.2) is 37.9 Å². The van der Waals surface area contributed by atoms with Gasteiger partial charge in [0.05, 0.1) is 32.2 Å². The molecule has 0 spiro atoms. The molecule has 218 valence electrons. The van der Waals surface area contributed by atoms with Crippen LogP contribution < -0.4 is 10.8 Å². The highest BCUT2D eigenvalue weighted by atomic mass is 16.6. The Morgan fingerprint density at radius 3 is 1.74 bits per heavy atom. The molecule has 14 nitrogen and oxygen atoms in total. The summed E-state index contributed by atoms with van der Waals surface area (Å²) in [5, 5.41) is 43.8. The Morgan fingerprint density at radius 1 is 0.698 bits per heavy atom. The first-order valence-corrected chi connectivity index (χ1v) is 12.4. The van der Waals surface area contributed by atoms with Crippen LogP contribution in [0.3, 0.4) is 0 Å². The molecule has 0 atom stereocenters. The summed E-state index contributed by atoms with van der Waals surface area (Å²) < 4.78 is 0. The summed E-state index contributed by atoms with van der Waals surface area (Å²) in [6.07, 6.45) is 0.501. The van der Waals surface area contributed by atoms with Crippen LogP contribution in [0.4, 0.5) is 22.7 Å². The topological polar surface area (TPSA) is 211 Å². The molecule has 0 aliphatic rings. The first kappa shape index (κ1) is 29.8. The molecule has 1 amide bonds. The van der Waals surface area contributed by atoms with Crippen LogP contribution in [0.1, 0.15) is 47.8 Å². The minimum absolute atomic E-state index is 0.0759. The molecule has 4 aromatic carbocycles. The van der Waals surface area contributed by atoms with E-state index >= 15 is 0 Å². The van der Waals surface area contributed by atoms with E-state index in [0.29, 0.717) is 17.8 Å². The number of amides is 1. The van der Waals surface area contributed by atoms with Crippen LogP contribution in [0, 0.1) is 20.2 Å². The minimum atomic E-state index is -1.47. The van der Waals surface area contributed by atoms with Crippen LogP contribution in [-0.2, 0) is 17.9 Å². The third-order valence-corrected chi connectivity index (χ3v) is 6.26. The van der Waals surface area contributed by atoms with Crippen molar-refractivity contribution in [3.8, 4) is 0 Å². The molecule has 0 saturated heterocycles. The van der Waals surface area contributed by atoms with Gasteiger partial charge in [-0.3, -0.25) is 35.3 Å². The van der Waals surface area contributed by atoms with Gasteiger partial charge in [0, 0.05) is 17.8 Å². The number of nitro groups is 2. The fraction of sp³-hybridized carbons (Fsp3) is 0.0690. The van der Waals surface area contributed by atoms with Crippen molar-refractivity contribution in [2.75, 3.05) is 10.8 Å². The Kier molecular flexibility index (Phi) is 9.02. The molecule has 4 aromatic rings. The quantitative estimate of drug-likeness (QED) is 0.124. The first-order valence-electron chi connectivity index (χ1n) is 12.4. The molecular formula is C29H22N4O10. The lowest BCUT2D eigenvalue weighted by Crippen LogP contribution is -2.18. The number of nitrogens with zero attached hydrogens (tertiary/aromatic N) is 2. The summed E-state index contributed by atoms with van der Waals surface area (Å²) in [6, 6.07) is 20.8. The van der Waals surface area contributed by atoms with Gasteiger partial charge >= 0.3 is 11.9 Å². The molecule has 0 bridgehead atoms. The molecular weight excluding hydrogens is 564 g/mol. The predicted octanol–water partition coefficient (Wildman–Crippen LogP) is 5.29. The number of anilines is 2. The third kappa shape index (κ3) is 7.14. The van der Waals surface area contributed by atoms with Gasteiger partial charge in [-0.05, 0) is 53.9 Å². The van der Waals surface area contributed by atoms with E-state index in [2.05, 4.69) is 10.8 Å². The van der Waals surface area contributed by atoms with Crippen LogP contribution in [0.25, 0.3) is 0 Å². The molecule has 0 aromatic heterocycles. The number of hydrogen-bond acceptors (Lipinski definition) is 9. The van der Waals surface area contributed by atoms with Crippen molar-refractivity contribution < 1.29 is 39.3 Å². The number of carboxylic acids is 2. The average molecular weight is 587 g/mol. The Hall–Kier alpha value is -6.15. The maximum Gasteiger partial charge on any atom is 0.336 e. The second kappa shape index (κ2) is 13.0. The standard InChI is InChI=1S/C29H22N4O10/c34-27(26-22(29(37)38)4-2-6-25(26)33(41)42)30-19-11-7-17(8-12-19)15-18-9-13-20(14-10-18)31-43-16-23-21(28(35)36)3-1-5-24(23)32(39)40/h1-14,31H,15-16H2,(H,30,34)(H,35,36)(H,37,38). The van der Waals surface area contributed by atoms with E-state index in [1.807, 2.05) is 0 Å². The smallest absolute Gasteiger partial charge is 0.336 e. The van der Waals surface area contributed by atoms with Gasteiger partial charge in [0.25, 0.3) is 17.3 Å². The van der Waals surface area contributed by atoms with Crippen molar-refractivity contribution >= 4 is 40.6 Å². The zero-order valence-electron chi connectivity index (χ0n) is 22.1. The van der Waals surface area contributed by atoms with Crippen LogP contribution in [0.5, 0.6) is 0 Å². The third-order valence-electron chi connectivity index (χ3n) is 6.26. The van der Waals surface area contributed by atoms with Crippen molar-refractivity contribution in [2.24, 2.45) is 0 Å². The van der Waals surface area contributed by atoms with E-state index in [4.69, 9.17) is 4.84 Å². The maximum atomic E-state index is 12.8. The summed E-state index contributed by atoms with van der Waals surface area (Å²) in [6.45, 7) is -0.362. The van der Waals surface area contributed by atoms with E-state index < -0.39 is 44.5 Å². The molecule has 0 saturated carbocycles. The molecule has 0 heterocycles. The normalized spacial score (nSPS) is 10.5. The highest BCUT2D eigenvalue weighted by molar-refractivity contribution is 6.13. The average Bonchev–Trinajstić information content (AvgIpc) is 2.98. The van der Waals surface area contributed by atoms with Crippen molar-refractivity contribution in [2.45, 2.75) is 13.0 Å². The number of nitro benzene ring substituents is 2. The lowest BCUT2D eigenvalue weighted by atomic mass is 10.0. The van der Waals surface area contributed by atoms with Crippen molar-refractivity contribution in [1.82, 2.24) is 0 Å². The fourth-order valence-corrected chi connectivity index (χ4v) is 4.22. The first-order chi connectivity index (χ1) is 20.5. The van der Waals surface area contributed by atoms with E-state index in [1.165, 1.54) is 24.3 Å². The molecule has 0 fully saturated rings. The fourth-order valence-electron chi connectivity index (χ4n) is 4.22. The van der Waals surface area contributed by atoms with E-state index in [-0.39, 0.29) is 23.4 Å². The van der Waals surface area contributed by atoms with Crippen molar-refractivity contribution in [1.29, 1.82) is 0 Å². The maximum absolute atomic E-state index is 12.8. The van der Waals surface area contributed by atoms with Crippen LogP contribution in [0.15, 0.2) is 84.9 Å². The van der Waals surface area contributed by atoms with Gasteiger partial charge in [0.15, 0.2) is 0 Å². The Labute approximate surface area is 242 Å². The lowest BCUT2D eigenvalue weighted by molar-refractivity contribution is -0.386. The second-order valence-electron chi connectivity index (χ2n) is 9.04. The summed E-state index contributed by atoms with van der Waals surface area (Å²) >= 11 is 0. The van der Waals surface area contributed by atoms with Gasteiger partial charge in [0.2, 0.25) is 0 Å². The monoisotopic (exact) mass is 586 g/mol. The van der Waals surface area contributed by atoms with Crippen molar-refractivity contribution in [3.63, 3.8) is 0 Å². The number of carbonyl (C=O) groups is 3. The summed E-state index contributed by atoms with van der Waals surface area (Å²) in [5.74, 6) is -3.71. The Morgan fingerprint density at radius 2 is 1.21 bits per heavy atom. The molecule has 4 N–H and O–H groups in total. The number of aromatic carboxylic acids is 2. The Bertz CT molecular complexity index is 1660. The Balaban J connectivity index is 1.37. The summed E-state index contributed by atoms with van der Waals surface area (Å²) in [5.41, 5.74) is 2.91. The number of carboxylic acid groups (broad SMARTS) is 2. The molecule has 0 aliphatic heterocycles. The van der Waals surface area contributed by atoms with Gasteiger partial charge in [-0.1, -0.05) is 36.4 Å². The molecule has 0 unspecified atom stereocenters. The number of rotatable bonds is 12. The molecule has 0 radical (unpaired) electrons. The predicted molar refractivity (Wildman–Crippen MR) is 152 cm³/mol. The SMILES string of the molecule is O=C(O)c1cccc([N+](=O)[O-])c1CONc1ccc(Cc2ccc(NC(=O)c3c(C(=O)O)cccc3[N+](=O)[O-])cc2)cc1. The zero-order valence-corrected chi connectivity index (χ0v) is 22.1. The van der Waals surface area contributed by atoms with Crippen molar-refractivity contribution in [3.05, 3.63) is 139 Å². The van der Waals surface area contributed by atoms with E-state index in [0.717, 1.165) is 23.3 Å². The molecule has 43 heavy (non-hydrogen) atoms. The highest BCUT2D eigenvalue weighted by Crippen LogP contribution is 2.26. The largest absolute Gasteiger partial charge is 0.478 e. The van der Waals surface area contributed by atoms with E-state index in [1.54, 1.807) is 48.5 Å². The second-order valence-corrected chi connectivity index (χ2v) is 9.04. The van der Waals surface area contributed by atoms with Gasteiger partial charge in [-0.25, -0.2) is 9.59 Å². The zero-order chi connectivity index (χ0) is 31.1. The van der Waals surface area contributed by atoms with E-state index in [9.17, 15) is 44.8 Å². The van der Waals surface area contributed by atoms with Crippen LogP contribution in [0.2, 0.25) is 0 Å². The number of nitrogens with one attached hydrogen (secondary N) is 2. The lowest BCUT2D eigenvalue weighted by Gasteiger charge is -2.11. The number of carbonyl (C=O) groups excluding carboxylic acids is 1. The van der Waals surface area contributed by atoms with Gasteiger partial charge in [-0.15, -0.1) is 0 Å². The molecule has 0 aliphatic carbocycles. The van der Waals surface area contributed by atoms with Gasteiger partial charge in [-0.2, -0.15) is 0 Å². The minimum Gasteiger partial charge on any atom is -0.478 e.